The van der Waals surface area contributed by atoms with Crippen LogP contribution in [0, 0.1) is 6.92 Å². The van der Waals surface area contributed by atoms with E-state index in [-0.39, 0.29) is 11.9 Å². The van der Waals surface area contributed by atoms with Crippen LogP contribution in [-0.4, -0.2) is 65.7 Å². The number of hydrazone groups is 1. The van der Waals surface area contributed by atoms with Gasteiger partial charge in [0, 0.05) is 43.2 Å². The summed E-state index contributed by atoms with van der Waals surface area (Å²) in [6.45, 7) is 9.59. The highest BCUT2D eigenvalue weighted by molar-refractivity contribution is 6.34. The maximum Gasteiger partial charge on any atom is 0.257 e. The molecule has 2 heterocycles. The van der Waals surface area contributed by atoms with Gasteiger partial charge in [-0.25, -0.2) is 5.01 Å². The van der Waals surface area contributed by atoms with Crippen molar-refractivity contribution in [1.82, 2.24) is 14.8 Å². The van der Waals surface area contributed by atoms with Crippen LogP contribution in [0.15, 0.2) is 53.6 Å². The normalized spacial score (nSPS) is 20.4. The standard InChI is InChI=1S/C24H29ClN4O/c1-3-27-12-14-28(15-13-27)17-24(30)29-23(19-10-8-18(2)9-11-19)16-22(26-29)20-6-4-5-7-21(20)25/h4-11,23H,3,12-17H2,1-2H3/t23-/m0/s1. The number of benzene rings is 2. The van der Waals surface area contributed by atoms with E-state index in [2.05, 4.69) is 47.9 Å². The molecule has 0 bridgehead atoms. The number of likely N-dealkylation sites (N-methyl/N-ethyl adjacent to an activating group) is 1. The van der Waals surface area contributed by atoms with Gasteiger partial charge in [0.15, 0.2) is 0 Å². The van der Waals surface area contributed by atoms with Gasteiger partial charge in [-0.2, -0.15) is 5.10 Å². The summed E-state index contributed by atoms with van der Waals surface area (Å²) in [5, 5.41) is 7.14. The minimum Gasteiger partial charge on any atom is -0.301 e. The number of hydrogen-bond donors (Lipinski definition) is 0. The predicted octanol–water partition coefficient (Wildman–Crippen LogP) is 3.96. The minimum atomic E-state index is -0.0960. The van der Waals surface area contributed by atoms with Crippen molar-refractivity contribution in [3.8, 4) is 0 Å². The zero-order valence-corrected chi connectivity index (χ0v) is 18.5. The molecule has 0 radical (unpaired) electrons. The molecule has 0 N–H and O–H groups in total. The number of piperazine rings is 1. The van der Waals surface area contributed by atoms with E-state index in [1.54, 1.807) is 5.01 Å². The van der Waals surface area contributed by atoms with E-state index in [4.69, 9.17) is 16.7 Å². The first kappa shape index (κ1) is 21.0. The third kappa shape index (κ3) is 4.59. The summed E-state index contributed by atoms with van der Waals surface area (Å²) in [6.07, 6.45) is 0.669. The highest BCUT2D eigenvalue weighted by atomic mass is 35.5. The van der Waals surface area contributed by atoms with Crippen LogP contribution in [0.25, 0.3) is 0 Å². The monoisotopic (exact) mass is 424 g/mol. The van der Waals surface area contributed by atoms with Gasteiger partial charge in [-0.15, -0.1) is 0 Å². The number of carbonyl (C=O) groups is 1. The van der Waals surface area contributed by atoms with Crippen molar-refractivity contribution in [2.24, 2.45) is 5.10 Å². The summed E-state index contributed by atoms with van der Waals surface area (Å²) in [6, 6.07) is 16.0. The van der Waals surface area contributed by atoms with Gasteiger partial charge in [-0.3, -0.25) is 9.69 Å². The predicted molar refractivity (Wildman–Crippen MR) is 122 cm³/mol. The quantitative estimate of drug-likeness (QED) is 0.729. The van der Waals surface area contributed by atoms with Crippen molar-refractivity contribution in [2.45, 2.75) is 26.3 Å². The van der Waals surface area contributed by atoms with Crippen molar-refractivity contribution in [3.05, 3.63) is 70.2 Å². The average molecular weight is 425 g/mol. The van der Waals surface area contributed by atoms with E-state index in [0.717, 1.165) is 49.6 Å². The number of halogens is 1. The van der Waals surface area contributed by atoms with Crippen LogP contribution in [-0.2, 0) is 4.79 Å². The molecule has 0 aliphatic carbocycles. The second kappa shape index (κ2) is 9.29. The smallest absolute Gasteiger partial charge is 0.257 e. The molecule has 30 heavy (non-hydrogen) atoms. The van der Waals surface area contributed by atoms with E-state index in [9.17, 15) is 4.79 Å². The van der Waals surface area contributed by atoms with E-state index >= 15 is 0 Å². The van der Waals surface area contributed by atoms with E-state index in [0.29, 0.717) is 18.0 Å². The molecule has 0 aromatic heterocycles. The molecule has 0 spiro atoms. The highest BCUT2D eigenvalue weighted by Gasteiger charge is 2.34. The molecule has 2 aromatic rings. The molecular weight excluding hydrogens is 396 g/mol. The molecule has 1 amide bonds. The van der Waals surface area contributed by atoms with Crippen LogP contribution < -0.4 is 0 Å². The zero-order chi connectivity index (χ0) is 21.1. The summed E-state index contributed by atoms with van der Waals surface area (Å²) in [5.41, 5.74) is 4.09. The van der Waals surface area contributed by atoms with Gasteiger partial charge >= 0.3 is 0 Å². The van der Waals surface area contributed by atoms with Crippen molar-refractivity contribution >= 4 is 23.2 Å². The summed E-state index contributed by atoms with van der Waals surface area (Å²) >= 11 is 6.43. The van der Waals surface area contributed by atoms with E-state index in [1.807, 2.05) is 24.3 Å². The van der Waals surface area contributed by atoms with Gasteiger partial charge in [-0.1, -0.05) is 66.6 Å². The van der Waals surface area contributed by atoms with Gasteiger partial charge in [0.2, 0.25) is 0 Å². The average Bonchev–Trinajstić information content (AvgIpc) is 3.20. The van der Waals surface area contributed by atoms with Crippen LogP contribution >= 0.6 is 11.6 Å². The second-order valence-electron chi connectivity index (χ2n) is 8.11. The molecule has 1 atom stereocenters. The third-order valence-electron chi connectivity index (χ3n) is 6.08. The van der Waals surface area contributed by atoms with Gasteiger partial charge in [-0.05, 0) is 25.1 Å². The maximum atomic E-state index is 13.3. The summed E-state index contributed by atoms with van der Waals surface area (Å²) in [7, 11) is 0. The Balaban J connectivity index is 1.56. The first-order valence-corrected chi connectivity index (χ1v) is 11.1. The zero-order valence-electron chi connectivity index (χ0n) is 17.7. The molecule has 0 saturated carbocycles. The van der Waals surface area contributed by atoms with Crippen LogP contribution in [0.5, 0.6) is 0 Å². The first-order valence-electron chi connectivity index (χ1n) is 10.7. The lowest BCUT2D eigenvalue weighted by Crippen LogP contribution is -2.49. The van der Waals surface area contributed by atoms with Crippen LogP contribution in [0.1, 0.15) is 36.1 Å². The Labute approximate surface area is 183 Å². The Hall–Kier alpha value is -2.21. The fourth-order valence-electron chi connectivity index (χ4n) is 4.17. The molecule has 6 heteroatoms. The second-order valence-corrected chi connectivity index (χ2v) is 8.51. The third-order valence-corrected chi connectivity index (χ3v) is 6.41. The Bertz CT molecular complexity index is 919. The van der Waals surface area contributed by atoms with Gasteiger partial charge in [0.05, 0.1) is 18.3 Å². The lowest BCUT2D eigenvalue weighted by molar-refractivity contribution is -0.134. The SMILES string of the molecule is CCN1CCN(CC(=O)N2N=C(c3ccccc3Cl)C[C@H]2c2ccc(C)cc2)CC1. The molecule has 2 aromatic carbocycles. The largest absolute Gasteiger partial charge is 0.301 e. The Morgan fingerprint density at radius 3 is 2.37 bits per heavy atom. The van der Waals surface area contributed by atoms with Crippen LogP contribution in [0.2, 0.25) is 5.02 Å². The van der Waals surface area contributed by atoms with Gasteiger partial charge in [0.1, 0.15) is 0 Å². The lowest BCUT2D eigenvalue weighted by atomic mass is 9.97. The van der Waals surface area contributed by atoms with Crippen LogP contribution in [0.3, 0.4) is 0 Å². The Morgan fingerprint density at radius 2 is 1.70 bits per heavy atom. The molecule has 1 fully saturated rings. The molecule has 1 saturated heterocycles. The lowest BCUT2D eigenvalue weighted by Gasteiger charge is -2.34. The van der Waals surface area contributed by atoms with E-state index in [1.165, 1.54) is 5.56 Å². The Morgan fingerprint density at radius 1 is 1.03 bits per heavy atom. The highest BCUT2D eigenvalue weighted by Crippen LogP contribution is 2.34. The van der Waals surface area contributed by atoms with Crippen molar-refractivity contribution in [2.75, 3.05) is 39.3 Å². The molecule has 4 rings (SSSR count). The molecular formula is C24H29ClN4O. The van der Waals surface area contributed by atoms with Crippen molar-refractivity contribution < 1.29 is 4.79 Å². The van der Waals surface area contributed by atoms with E-state index < -0.39 is 0 Å². The first-order chi connectivity index (χ1) is 14.5. The topological polar surface area (TPSA) is 39.1 Å². The summed E-state index contributed by atoms with van der Waals surface area (Å²) in [4.78, 5) is 18.0. The fourth-order valence-corrected chi connectivity index (χ4v) is 4.42. The molecule has 0 unspecified atom stereocenters. The van der Waals surface area contributed by atoms with Crippen molar-refractivity contribution in [3.63, 3.8) is 0 Å². The number of rotatable bonds is 5. The van der Waals surface area contributed by atoms with Crippen molar-refractivity contribution in [1.29, 1.82) is 0 Å². The molecule has 158 valence electrons. The number of carbonyl (C=O) groups excluding carboxylic acids is 1. The van der Waals surface area contributed by atoms with Gasteiger partial charge in [0.25, 0.3) is 5.91 Å². The summed E-state index contributed by atoms with van der Waals surface area (Å²) < 4.78 is 0. The molecule has 2 aliphatic rings. The number of amides is 1. The van der Waals surface area contributed by atoms with Crippen LogP contribution in [0.4, 0.5) is 0 Å². The van der Waals surface area contributed by atoms with Gasteiger partial charge < -0.3 is 4.90 Å². The maximum absolute atomic E-state index is 13.3. The molecule has 5 nitrogen and oxygen atoms in total. The Kier molecular flexibility index (Phi) is 6.52. The number of aryl methyl sites for hydroxylation is 1. The minimum absolute atomic E-state index is 0.0487. The number of hydrogen-bond acceptors (Lipinski definition) is 4. The fraction of sp³-hybridized carbons (Fsp3) is 0.417. The summed E-state index contributed by atoms with van der Waals surface area (Å²) in [5.74, 6) is 0.0487. The number of nitrogens with zero attached hydrogens (tertiary/aromatic N) is 4. The molecule has 2 aliphatic heterocycles.